The first-order chi connectivity index (χ1) is 10.6. The molecule has 0 radical (unpaired) electrons. The van der Waals surface area contributed by atoms with Crippen molar-refractivity contribution in [3.05, 3.63) is 24.3 Å². The molecule has 1 amide bonds. The molecule has 1 aromatic rings. The number of amides is 1. The summed E-state index contributed by atoms with van der Waals surface area (Å²) in [6.45, 7) is 6.13. The number of sulfone groups is 1. The zero-order chi connectivity index (χ0) is 17.3. The summed E-state index contributed by atoms with van der Waals surface area (Å²) in [6.07, 6.45) is -0.637. The number of para-hydroxylation sites is 1. The summed E-state index contributed by atoms with van der Waals surface area (Å²) < 4.78 is 31.2. The Morgan fingerprint density at radius 1 is 1.35 bits per heavy atom. The standard InChI is InChI=1S/C15H23N3O4S/c1-15(2,3)22-14(19)18-9-8-17-10-13(18)23(20,21)12-7-5-4-6-11(12)16/h4-7,13,17H,8-10,16H2,1-3H3. The van der Waals surface area contributed by atoms with Crippen molar-refractivity contribution in [2.75, 3.05) is 25.4 Å². The van der Waals surface area contributed by atoms with Crippen molar-refractivity contribution in [2.24, 2.45) is 0 Å². The number of hydrogen-bond acceptors (Lipinski definition) is 6. The van der Waals surface area contributed by atoms with Crippen molar-refractivity contribution in [1.29, 1.82) is 0 Å². The number of nitrogens with zero attached hydrogens (tertiary/aromatic N) is 1. The fourth-order valence-electron chi connectivity index (χ4n) is 2.37. The molecule has 1 heterocycles. The third kappa shape index (κ3) is 3.94. The molecule has 128 valence electrons. The third-order valence-electron chi connectivity index (χ3n) is 3.41. The first-order valence-corrected chi connectivity index (χ1v) is 8.96. The highest BCUT2D eigenvalue weighted by Crippen LogP contribution is 2.26. The van der Waals surface area contributed by atoms with Crippen LogP contribution in [0.2, 0.25) is 0 Å². The molecule has 1 atom stereocenters. The molecule has 1 fully saturated rings. The molecule has 1 aromatic carbocycles. The van der Waals surface area contributed by atoms with Gasteiger partial charge in [0.2, 0.25) is 9.84 Å². The molecule has 0 bridgehead atoms. The average molecular weight is 341 g/mol. The van der Waals surface area contributed by atoms with Gasteiger partial charge in [-0.15, -0.1) is 0 Å². The summed E-state index contributed by atoms with van der Waals surface area (Å²) in [5, 5.41) is 1.96. The summed E-state index contributed by atoms with van der Waals surface area (Å²) in [7, 11) is -3.80. The lowest BCUT2D eigenvalue weighted by Crippen LogP contribution is -2.57. The Labute approximate surface area is 136 Å². The van der Waals surface area contributed by atoms with E-state index in [0.29, 0.717) is 6.54 Å². The normalized spacial score (nSPS) is 19.4. The van der Waals surface area contributed by atoms with Crippen LogP contribution in [-0.2, 0) is 14.6 Å². The smallest absolute Gasteiger partial charge is 0.411 e. The van der Waals surface area contributed by atoms with Crippen LogP contribution in [0.5, 0.6) is 0 Å². The van der Waals surface area contributed by atoms with Crippen LogP contribution in [0.4, 0.5) is 10.5 Å². The van der Waals surface area contributed by atoms with Crippen molar-refractivity contribution >= 4 is 21.6 Å². The second kappa shape index (κ2) is 6.37. The summed E-state index contributed by atoms with van der Waals surface area (Å²) in [6, 6.07) is 6.25. The molecule has 0 aromatic heterocycles. The maximum absolute atomic E-state index is 12.9. The second-order valence-electron chi connectivity index (χ2n) is 6.42. The van der Waals surface area contributed by atoms with Gasteiger partial charge in [0.15, 0.2) is 5.37 Å². The Bertz CT molecular complexity index is 682. The van der Waals surface area contributed by atoms with Crippen LogP contribution in [0, 0.1) is 0 Å². The number of piperazine rings is 1. The van der Waals surface area contributed by atoms with Gasteiger partial charge in [-0.25, -0.2) is 13.2 Å². The number of hydrogen-bond donors (Lipinski definition) is 2. The number of carbonyl (C=O) groups excluding carboxylic acids is 1. The number of nitrogens with two attached hydrogens (primary N) is 1. The highest BCUT2D eigenvalue weighted by molar-refractivity contribution is 7.92. The van der Waals surface area contributed by atoms with Crippen molar-refractivity contribution in [2.45, 2.75) is 36.6 Å². The van der Waals surface area contributed by atoms with Gasteiger partial charge in [0.1, 0.15) is 5.60 Å². The quantitative estimate of drug-likeness (QED) is 0.784. The predicted octanol–water partition coefficient (Wildman–Crippen LogP) is 1.21. The second-order valence-corrected chi connectivity index (χ2v) is 8.49. The highest BCUT2D eigenvalue weighted by Gasteiger charge is 2.40. The monoisotopic (exact) mass is 341 g/mol. The molecule has 1 saturated heterocycles. The Morgan fingerprint density at radius 3 is 2.61 bits per heavy atom. The minimum Gasteiger partial charge on any atom is -0.444 e. The van der Waals surface area contributed by atoms with Crippen LogP contribution < -0.4 is 11.1 Å². The van der Waals surface area contributed by atoms with E-state index >= 15 is 0 Å². The van der Waals surface area contributed by atoms with Gasteiger partial charge in [0.25, 0.3) is 0 Å². The molecule has 3 N–H and O–H groups in total. The largest absolute Gasteiger partial charge is 0.444 e. The number of nitrogens with one attached hydrogen (secondary N) is 1. The lowest BCUT2D eigenvalue weighted by molar-refractivity contribution is 0.0193. The van der Waals surface area contributed by atoms with Crippen molar-refractivity contribution in [3.8, 4) is 0 Å². The van der Waals surface area contributed by atoms with Gasteiger partial charge in [0, 0.05) is 19.6 Å². The molecular weight excluding hydrogens is 318 g/mol. The fraction of sp³-hybridized carbons (Fsp3) is 0.533. The Kier molecular flexibility index (Phi) is 4.86. The van der Waals surface area contributed by atoms with E-state index in [-0.39, 0.29) is 23.7 Å². The molecule has 8 heteroatoms. The molecule has 1 aliphatic rings. The van der Waals surface area contributed by atoms with Crippen LogP contribution in [0.25, 0.3) is 0 Å². The maximum atomic E-state index is 12.9. The number of carbonyl (C=O) groups is 1. The molecule has 1 aliphatic heterocycles. The molecule has 1 unspecified atom stereocenters. The molecule has 0 saturated carbocycles. The van der Waals surface area contributed by atoms with E-state index in [1.807, 2.05) is 0 Å². The van der Waals surface area contributed by atoms with E-state index < -0.39 is 26.9 Å². The summed E-state index contributed by atoms with van der Waals surface area (Å²) in [4.78, 5) is 13.7. The first kappa shape index (κ1) is 17.6. The van der Waals surface area contributed by atoms with E-state index in [0.717, 1.165) is 0 Å². The zero-order valence-corrected chi connectivity index (χ0v) is 14.4. The van der Waals surface area contributed by atoms with Gasteiger partial charge < -0.3 is 15.8 Å². The van der Waals surface area contributed by atoms with E-state index in [9.17, 15) is 13.2 Å². The Hall–Kier alpha value is -1.80. The van der Waals surface area contributed by atoms with E-state index in [1.165, 1.54) is 17.0 Å². The highest BCUT2D eigenvalue weighted by atomic mass is 32.2. The summed E-state index contributed by atoms with van der Waals surface area (Å²) in [5.41, 5.74) is 5.28. The van der Waals surface area contributed by atoms with Gasteiger partial charge in [0.05, 0.1) is 10.6 Å². The van der Waals surface area contributed by atoms with Crippen molar-refractivity contribution in [3.63, 3.8) is 0 Å². The lowest BCUT2D eigenvalue weighted by Gasteiger charge is -2.36. The summed E-state index contributed by atoms with van der Waals surface area (Å²) >= 11 is 0. The van der Waals surface area contributed by atoms with Gasteiger partial charge in [-0.05, 0) is 32.9 Å². The maximum Gasteiger partial charge on any atom is 0.411 e. The number of benzene rings is 1. The minimum absolute atomic E-state index is 0.0299. The molecule has 2 rings (SSSR count). The van der Waals surface area contributed by atoms with Crippen LogP contribution >= 0.6 is 0 Å². The first-order valence-electron chi connectivity index (χ1n) is 7.41. The fourth-order valence-corrected chi connectivity index (χ4v) is 4.19. The van der Waals surface area contributed by atoms with Gasteiger partial charge in [-0.2, -0.15) is 0 Å². The van der Waals surface area contributed by atoms with E-state index in [4.69, 9.17) is 10.5 Å². The molecule has 23 heavy (non-hydrogen) atoms. The number of nitrogen functional groups attached to an aromatic ring is 1. The molecule has 7 nitrogen and oxygen atoms in total. The Balaban J connectivity index is 2.35. The van der Waals surface area contributed by atoms with Crippen LogP contribution in [0.15, 0.2) is 29.2 Å². The lowest BCUT2D eigenvalue weighted by atomic mass is 10.2. The van der Waals surface area contributed by atoms with E-state index in [1.54, 1.807) is 32.9 Å². The minimum atomic E-state index is -3.80. The van der Waals surface area contributed by atoms with Gasteiger partial charge in [-0.3, -0.25) is 4.90 Å². The van der Waals surface area contributed by atoms with Crippen LogP contribution in [0.1, 0.15) is 20.8 Å². The third-order valence-corrected chi connectivity index (χ3v) is 5.53. The van der Waals surface area contributed by atoms with Gasteiger partial charge >= 0.3 is 6.09 Å². The SMILES string of the molecule is CC(C)(C)OC(=O)N1CCNCC1S(=O)(=O)c1ccccc1N. The topological polar surface area (TPSA) is 102 Å². The molecular formula is C15H23N3O4S. The average Bonchev–Trinajstić information content (AvgIpc) is 2.45. The van der Waals surface area contributed by atoms with Crippen molar-refractivity contribution in [1.82, 2.24) is 10.2 Å². The molecule has 0 spiro atoms. The number of rotatable bonds is 2. The van der Waals surface area contributed by atoms with Gasteiger partial charge in [-0.1, -0.05) is 12.1 Å². The number of ether oxygens (including phenoxy) is 1. The summed E-state index contributed by atoms with van der Waals surface area (Å²) in [5.74, 6) is 0. The van der Waals surface area contributed by atoms with Crippen LogP contribution in [0.3, 0.4) is 0 Å². The van der Waals surface area contributed by atoms with Crippen LogP contribution in [-0.4, -0.2) is 50.0 Å². The Morgan fingerprint density at radius 2 is 2.00 bits per heavy atom. The zero-order valence-electron chi connectivity index (χ0n) is 13.6. The number of anilines is 1. The predicted molar refractivity (Wildman–Crippen MR) is 87.6 cm³/mol. The van der Waals surface area contributed by atoms with E-state index in [2.05, 4.69) is 5.32 Å². The van der Waals surface area contributed by atoms with Crippen molar-refractivity contribution < 1.29 is 17.9 Å². The molecule has 0 aliphatic carbocycles.